The van der Waals surface area contributed by atoms with Crippen molar-refractivity contribution >= 4 is 0 Å². The summed E-state index contributed by atoms with van der Waals surface area (Å²) in [5.41, 5.74) is 0. The summed E-state index contributed by atoms with van der Waals surface area (Å²) in [4.78, 5) is 5.02. The summed E-state index contributed by atoms with van der Waals surface area (Å²) in [6, 6.07) is 1.33. The number of nitrogens with one attached hydrogen (secondary N) is 1. The zero-order valence-corrected chi connectivity index (χ0v) is 13.8. The van der Waals surface area contributed by atoms with Gasteiger partial charge in [0.05, 0.1) is 0 Å². The fourth-order valence-electron chi connectivity index (χ4n) is 2.87. The first-order valence-corrected chi connectivity index (χ1v) is 8.20. The number of nitrogens with zero attached hydrogens (tertiary/aromatic N) is 2. The van der Waals surface area contributed by atoms with Gasteiger partial charge < -0.3 is 15.1 Å². The maximum atomic E-state index is 3.74. The second kappa shape index (κ2) is 8.93. The lowest BCUT2D eigenvalue weighted by molar-refractivity contribution is 0.156. The molecule has 0 aromatic rings. The molecule has 1 rings (SSSR count). The molecule has 0 amide bonds. The second-order valence-corrected chi connectivity index (χ2v) is 6.47. The van der Waals surface area contributed by atoms with Crippen LogP contribution in [-0.4, -0.2) is 61.7 Å². The predicted octanol–water partition coefficient (Wildman–Crippen LogP) is 2.43. The minimum atomic E-state index is 0.661. The summed E-state index contributed by atoms with van der Waals surface area (Å²) in [5.74, 6) is 0.844. The highest BCUT2D eigenvalue weighted by molar-refractivity contribution is 4.80. The first kappa shape index (κ1) is 16.9. The fourth-order valence-corrected chi connectivity index (χ4v) is 2.87. The number of hydrogen-bond donors (Lipinski definition) is 1. The Kier molecular flexibility index (Phi) is 7.96. The highest BCUT2D eigenvalue weighted by atomic mass is 15.1. The van der Waals surface area contributed by atoms with Gasteiger partial charge in [-0.25, -0.2) is 0 Å². The van der Waals surface area contributed by atoms with Crippen molar-refractivity contribution in [1.82, 2.24) is 15.1 Å². The van der Waals surface area contributed by atoms with E-state index in [1.807, 2.05) is 0 Å². The Labute approximate surface area is 120 Å². The van der Waals surface area contributed by atoms with Gasteiger partial charge in [0.2, 0.25) is 0 Å². The molecule has 0 saturated carbocycles. The van der Waals surface area contributed by atoms with Crippen LogP contribution in [-0.2, 0) is 0 Å². The number of hydrogen-bond acceptors (Lipinski definition) is 3. The Balaban J connectivity index is 2.15. The van der Waals surface area contributed by atoms with Crippen molar-refractivity contribution in [3.63, 3.8) is 0 Å². The van der Waals surface area contributed by atoms with Crippen molar-refractivity contribution in [2.75, 3.05) is 39.8 Å². The summed E-state index contributed by atoms with van der Waals surface area (Å²) in [6.07, 6.45) is 4.03. The third-order valence-corrected chi connectivity index (χ3v) is 4.73. The van der Waals surface area contributed by atoms with Crippen molar-refractivity contribution in [2.45, 2.75) is 59.0 Å². The minimum absolute atomic E-state index is 0.661. The lowest BCUT2D eigenvalue weighted by atomic mass is 9.91. The van der Waals surface area contributed by atoms with E-state index in [1.165, 1.54) is 45.4 Å². The van der Waals surface area contributed by atoms with Crippen LogP contribution in [0.5, 0.6) is 0 Å². The average molecular weight is 269 g/mol. The average Bonchev–Trinajstić information content (AvgIpc) is 2.42. The van der Waals surface area contributed by atoms with Crippen molar-refractivity contribution in [3.05, 3.63) is 0 Å². The predicted molar refractivity (Wildman–Crippen MR) is 84.7 cm³/mol. The Morgan fingerprint density at radius 2 is 2.05 bits per heavy atom. The molecule has 1 N–H and O–H groups in total. The Morgan fingerprint density at radius 1 is 1.32 bits per heavy atom. The maximum absolute atomic E-state index is 3.74. The van der Waals surface area contributed by atoms with Crippen LogP contribution >= 0.6 is 0 Å². The van der Waals surface area contributed by atoms with Gasteiger partial charge >= 0.3 is 0 Å². The quantitative estimate of drug-likeness (QED) is 0.683. The molecule has 19 heavy (non-hydrogen) atoms. The molecule has 1 aliphatic rings. The van der Waals surface area contributed by atoms with Crippen molar-refractivity contribution in [2.24, 2.45) is 5.92 Å². The summed E-state index contributed by atoms with van der Waals surface area (Å²) in [7, 11) is 2.22. The lowest BCUT2D eigenvalue weighted by Crippen LogP contribution is -2.44. The SMILES string of the molecule is CCN1CCCC(C(C)NCCCN(C)C(C)C)C1. The molecule has 1 heterocycles. The van der Waals surface area contributed by atoms with Crippen LogP contribution in [0, 0.1) is 5.92 Å². The van der Waals surface area contributed by atoms with Crippen molar-refractivity contribution in [1.29, 1.82) is 0 Å². The fraction of sp³-hybridized carbons (Fsp3) is 1.00. The Bertz CT molecular complexity index is 230. The van der Waals surface area contributed by atoms with Crippen LogP contribution in [0.15, 0.2) is 0 Å². The van der Waals surface area contributed by atoms with Crippen LogP contribution in [0.2, 0.25) is 0 Å². The summed E-state index contributed by atoms with van der Waals surface area (Å²) in [5, 5.41) is 3.74. The van der Waals surface area contributed by atoms with Crippen LogP contribution in [0.1, 0.15) is 47.0 Å². The number of piperidine rings is 1. The molecule has 1 fully saturated rings. The zero-order valence-electron chi connectivity index (χ0n) is 13.8. The van der Waals surface area contributed by atoms with Crippen molar-refractivity contribution in [3.8, 4) is 0 Å². The summed E-state index contributed by atoms with van der Waals surface area (Å²) >= 11 is 0. The molecule has 1 saturated heterocycles. The van der Waals surface area contributed by atoms with Crippen LogP contribution in [0.3, 0.4) is 0 Å². The molecule has 0 aliphatic carbocycles. The van der Waals surface area contributed by atoms with E-state index in [0.29, 0.717) is 12.1 Å². The number of rotatable bonds is 8. The first-order chi connectivity index (χ1) is 9.04. The maximum Gasteiger partial charge on any atom is 0.00792 e. The molecule has 1 aliphatic heterocycles. The van der Waals surface area contributed by atoms with Gasteiger partial charge in [-0.05, 0) is 79.2 Å². The highest BCUT2D eigenvalue weighted by Gasteiger charge is 2.23. The van der Waals surface area contributed by atoms with E-state index in [-0.39, 0.29) is 0 Å². The molecule has 3 heteroatoms. The topological polar surface area (TPSA) is 18.5 Å². The molecule has 0 bridgehead atoms. The van der Waals surface area contributed by atoms with Crippen LogP contribution < -0.4 is 5.32 Å². The van der Waals surface area contributed by atoms with Gasteiger partial charge in [-0.1, -0.05) is 6.92 Å². The molecule has 0 aromatic heterocycles. The largest absolute Gasteiger partial charge is 0.314 e. The molecular formula is C16H35N3. The third kappa shape index (κ3) is 6.24. The normalized spacial score (nSPS) is 23.2. The molecule has 0 radical (unpaired) electrons. The molecule has 2 unspecified atom stereocenters. The van der Waals surface area contributed by atoms with E-state index < -0.39 is 0 Å². The van der Waals surface area contributed by atoms with Gasteiger partial charge in [-0.15, -0.1) is 0 Å². The van der Waals surface area contributed by atoms with E-state index in [1.54, 1.807) is 0 Å². The highest BCUT2D eigenvalue weighted by Crippen LogP contribution is 2.19. The van der Waals surface area contributed by atoms with Crippen LogP contribution in [0.25, 0.3) is 0 Å². The minimum Gasteiger partial charge on any atom is -0.314 e. The number of likely N-dealkylation sites (tertiary alicyclic amines) is 1. The Morgan fingerprint density at radius 3 is 2.68 bits per heavy atom. The van der Waals surface area contributed by atoms with E-state index in [4.69, 9.17) is 0 Å². The van der Waals surface area contributed by atoms with Crippen molar-refractivity contribution < 1.29 is 0 Å². The van der Waals surface area contributed by atoms with E-state index in [0.717, 1.165) is 12.5 Å². The van der Waals surface area contributed by atoms with Gasteiger partial charge in [-0.3, -0.25) is 0 Å². The molecular weight excluding hydrogens is 234 g/mol. The molecule has 0 aromatic carbocycles. The lowest BCUT2D eigenvalue weighted by Gasteiger charge is -2.35. The molecule has 3 nitrogen and oxygen atoms in total. The van der Waals surface area contributed by atoms with E-state index in [2.05, 4.69) is 49.9 Å². The Hall–Kier alpha value is -0.120. The van der Waals surface area contributed by atoms with Gasteiger partial charge in [-0.2, -0.15) is 0 Å². The smallest absolute Gasteiger partial charge is 0.00792 e. The summed E-state index contributed by atoms with van der Waals surface area (Å²) in [6.45, 7) is 15.3. The molecule has 0 spiro atoms. The third-order valence-electron chi connectivity index (χ3n) is 4.73. The monoisotopic (exact) mass is 269 g/mol. The van der Waals surface area contributed by atoms with E-state index >= 15 is 0 Å². The van der Waals surface area contributed by atoms with E-state index in [9.17, 15) is 0 Å². The summed E-state index contributed by atoms with van der Waals surface area (Å²) < 4.78 is 0. The zero-order chi connectivity index (χ0) is 14.3. The molecule has 2 atom stereocenters. The van der Waals surface area contributed by atoms with Gasteiger partial charge in [0.15, 0.2) is 0 Å². The molecule has 114 valence electrons. The van der Waals surface area contributed by atoms with Gasteiger partial charge in [0.1, 0.15) is 0 Å². The van der Waals surface area contributed by atoms with Crippen LogP contribution in [0.4, 0.5) is 0 Å². The van der Waals surface area contributed by atoms with Gasteiger partial charge in [0.25, 0.3) is 0 Å². The first-order valence-electron chi connectivity index (χ1n) is 8.20. The second-order valence-electron chi connectivity index (χ2n) is 6.47. The van der Waals surface area contributed by atoms with Gasteiger partial charge in [0, 0.05) is 18.6 Å². The standard InChI is InChI=1S/C16H35N3/c1-6-19-12-7-9-16(13-19)15(4)17-10-8-11-18(5)14(2)3/h14-17H,6-13H2,1-5H3.